The van der Waals surface area contributed by atoms with Crippen molar-refractivity contribution in [3.05, 3.63) is 35.4 Å². The largest absolute Gasteiger partial charge is 0.549 e. The van der Waals surface area contributed by atoms with E-state index in [9.17, 15) is 19.5 Å². The molecule has 0 aliphatic carbocycles. The molecule has 0 bridgehead atoms. The van der Waals surface area contributed by atoms with Crippen LogP contribution in [0.15, 0.2) is 24.3 Å². The van der Waals surface area contributed by atoms with Crippen LogP contribution in [0.4, 0.5) is 0 Å². The monoisotopic (exact) mass is 276 g/mol. The fourth-order valence-electron chi connectivity index (χ4n) is 1.66. The third-order valence-electron chi connectivity index (χ3n) is 3.08. The van der Waals surface area contributed by atoms with Gasteiger partial charge in [-0.1, -0.05) is 24.3 Å². The lowest BCUT2D eigenvalue weighted by atomic mass is 9.84. The Bertz CT molecular complexity index is 517. The highest BCUT2D eigenvalue weighted by atomic mass is 16.4. The number of nitrogens with one attached hydrogen (secondary N) is 1. The first-order chi connectivity index (χ1) is 9.25. The molecule has 5 heteroatoms. The van der Waals surface area contributed by atoms with Crippen LogP contribution in [0, 0.1) is 5.41 Å². The second kappa shape index (κ2) is 6.32. The van der Waals surface area contributed by atoms with E-state index in [0.717, 1.165) is 5.56 Å². The summed E-state index contributed by atoms with van der Waals surface area (Å²) >= 11 is 0. The number of carbonyl (C=O) groups is 3. The van der Waals surface area contributed by atoms with Gasteiger partial charge in [-0.25, -0.2) is 0 Å². The molecule has 0 aromatic heterocycles. The van der Waals surface area contributed by atoms with Crippen molar-refractivity contribution in [1.29, 1.82) is 0 Å². The van der Waals surface area contributed by atoms with E-state index in [-0.39, 0.29) is 5.91 Å². The molecule has 0 atom stereocenters. The molecule has 20 heavy (non-hydrogen) atoms. The first-order valence-corrected chi connectivity index (χ1v) is 6.34. The highest BCUT2D eigenvalue weighted by Gasteiger charge is 2.29. The maximum absolute atomic E-state index is 12.0. The van der Waals surface area contributed by atoms with Crippen LogP contribution in [0.5, 0.6) is 0 Å². The molecule has 0 saturated carbocycles. The average Bonchev–Trinajstić information content (AvgIpc) is 2.38. The lowest BCUT2D eigenvalue weighted by molar-refractivity contribution is -0.314. The number of carboxylic acids is 1. The van der Waals surface area contributed by atoms with Crippen molar-refractivity contribution in [3.63, 3.8) is 0 Å². The third kappa shape index (κ3) is 3.91. The number of carboxylic acid groups (broad SMARTS) is 1. The van der Waals surface area contributed by atoms with Gasteiger partial charge in [0.1, 0.15) is 0 Å². The number of Topliss-reactive ketones (excluding diaryl/α,β-unsaturated/α-hetero) is 1. The third-order valence-corrected chi connectivity index (χ3v) is 3.08. The molecule has 1 aromatic rings. The highest BCUT2D eigenvalue weighted by molar-refractivity contribution is 6.10. The molecule has 1 amide bonds. The van der Waals surface area contributed by atoms with Gasteiger partial charge in [-0.05, 0) is 25.8 Å². The maximum Gasteiger partial charge on any atom is 0.216 e. The lowest BCUT2D eigenvalue weighted by Crippen LogP contribution is -2.43. The van der Waals surface area contributed by atoms with Gasteiger partial charge >= 0.3 is 0 Å². The Morgan fingerprint density at radius 2 is 1.70 bits per heavy atom. The molecule has 0 aliphatic rings. The Kier molecular flexibility index (Phi) is 5.02. The first kappa shape index (κ1) is 15.9. The quantitative estimate of drug-likeness (QED) is 0.599. The molecule has 1 rings (SSSR count). The van der Waals surface area contributed by atoms with Crippen molar-refractivity contribution < 1.29 is 19.5 Å². The molecular formula is C15H18NO4-. The SMILES string of the molecule is CC(=O)NCCc1ccc(C(=O)C(C)(C)C(=O)[O-])cc1. The topological polar surface area (TPSA) is 86.3 Å². The zero-order valence-electron chi connectivity index (χ0n) is 11.9. The molecular weight excluding hydrogens is 258 g/mol. The molecule has 0 saturated heterocycles. The number of carbonyl (C=O) groups excluding carboxylic acids is 3. The molecule has 5 nitrogen and oxygen atoms in total. The summed E-state index contributed by atoms with van der Waals surface area (Å²) in [5.41, 5.74) is -0.249. The van der Waals surface area contributed by atoms with Crippen LogP contribution < -0.4 is 10.4 Å². The van der Waals surface area contributed by atoms with Crippen molar-refractivity contribution >= 4 is 17.7 Å². The minimum atomic E-state index is -1.54. The summed E-state index contributed by atoms with van der Waals surface area (Å²) in [6, 6.07) is 6.69. The molecule has 0 unspecified atom stereocenters. The van der Waals surface area contributed by atoms with E-state index in [1.54, 1.807) is 24.3 Å². The fraction of sp³-hybridized carbons (Fsp3) is 0.400. The second-order valence-corrected chi connectivity index (χ2v) is 5.17. The van der Waals surface area contributed by atoms with Crippen LogP contribution >= 0.6 is 0 Å². The normalized spacial score (nSPS) is 10.9. The number of aliphatic carboxylic acids is 1. The summed E-state index contributed by atoms with van der Waals surface area (Å²) in [4.78, 5) is 33.7. The Morgan fingerprint density at radius 1 is 1.15 bits per heavy atom. The van der Waals surface area contributed by atoms with E-state index in [1.807, 2.05) is 0 Å². The Hall–Kier alpha value is -2.17. The maximum atomic E-state index is 12.0. The minimum Gasteiger partial charge on any atom is -0.549 e. The van der Waals surface area contributed by atoms with Gasteiger partial charge in [0, 0.05) is 19.0 Å². The summed E-state index contributed by atoms with van der Waals surface area (Å²) in [5.74, 6) is -1.96. The van der Waals surface area contributed by atoms with E-state index in [1.165, 1.54) is 20.8 Å². The average molecular weight is 276 g/mol. The van der Waals surface area contributed by atoms with Crippen LogP contribution in [-0.4, -0.2) is 24.2 Å². The Morgan fingerprint density at radius 3 is 2.15 bits per heavy atom. The van der Waals surface area contributed by atoms with Crippen molar-refractivity contribution in [3.8, 4) is 0 Å². The van der Waals surface area contributed by atoms with Gasteiger partial charge in [0.25, 0.3) is 0 Å². The van der Waals surface area contributed by atoms with Crippen molar-refractivity contribution in [2.24, 2.45) is 5.41 Å². The first-order valence-electron chi connectivity index (χ1n) is 6.34. The number of hydrogen-bond donors (Lipinski definition) is 1. The van der Waals surface area contributed by atoms with Gasteiger partial charge in [-0.15, -0.1) is 0 Å². The van der Waals surface area contributed by atoms with Crippen molar-refractivity contribution in [2.45, 2.75) is 27.2 Å². The van der Waals surface area contributed by atoms with E-state index < -0.39 is 17.2 Å². The molecule has 0 aliphatic heterocycles. The van der Waals surface area contributed by atoms with Crippen LogP contribution in [-0.2, 0) is 16.0 Å². The molecule has 0 spiro atoms. The van der Waals surface area contributed by atoms with Crippen molar-refractivity contribution in [2.75, 3.05) is 6.54 Å². The van der Waals surface area contributed by atoms with Gasteiger partial charge in [0.05, 0.1) is 11.4 Å². The number of benzene rings is 1. The lowest BCUT2D eigenvalue weighted by Gasteiger charge is -2.24. The van der Waals surface area contributed by atoms with E-state index in [2.05, 4.69) is 5.32 Å². The molecule has 0 fully saturated rings. The molecule has 1 N–H and O–H groups in total. The highest BCUT2D eigenvalue weighted by Crippen LogP contribution is 2.21. The van der Waals surface area contributed by atoms with Gasteiger partial charge < -0.3 is 15.2 Å². The predicted octanol–water partition coefficient (Wildman–Crippen LogP) is 0.324. The molecule has 0 heterocycles. The smallest absolute Gasteiger partial charge is 0.216 e. The van der Waals surface area contributed by atoms with Crippen LogP contribution in [0.2, 0.25) is 0 Å². The van der Waals surface area contributed by atoms with E-state index in [4.69, 9.17) is 0 Å². The van der Waals surface area contributed by atoms with Gasteiger partial charge in [0.2, 0.25) is 5.91 Å². The molecule has 1 aromatic carbocycles. The molecule has 0 radical (unpaired) electrons. The minimum absolute atomic E-state index is 0.0903. The van der Waals surface area contributed by atoms with Crippen molar-refractivity contribution in [1.82, 2.24) is 5.32 Å². The van der Waals surface area contributed by atoms with E-state index in [0.29, 0.717) is 18.5 Å². The van der Waals surface area contributed by atoms with Gasteiger partial charge in [-0.3, -0.25) is 9.59 Å². The van der Waals surface area contributed by atoms with E-state index >= 15 is 0 Å². The molecule has 108 valence electrons. The van der Waals surface area contributed by atoms with Crippen LogP contribution in [0.1, 0.15) is 36.7 Å². The Balaban J connectivity index is 2.74. The standard InChI is InChI=1S/C15H19NO4/c1-10(17)16-9-8-11-4-6-12(7-5-11)13(18)15(2,3)14(19)20/h4-7H,8-9H2,1-3H3,(H,16,17)(H,19,20)/p-1. The van der Waals surface area contributed by atoms with Crippen LogP contribution in [0.3, 0.4) is 0 Å². The van der Waals surface area contributed by atoms with Gasteiger partial charge in [-0.2, -0.15) is 0 Å². The number of ketones is 1. The summed E-state index contributed by atoms with van der Waals surface area (Å²) in [7, 11) is 0. The summed E-state index contributed by atoms with van der Waals surface area (Å²) in [6.07, 6.45) is 0.651. The van der Waals surface area contributed by atoms with Crippen LogP contribution in [0.25, 0.3) is 0 Å². The zero-order valence-corrected chi connectivity index (χ0v) is 11.9. The summed E-state index contributed by atoms with van der Waals surface area (Å²) in [5, 5.41) is 13.6. The number of rotatable bonds is 6. The summed E-state index contributed by atoms with van der Waals surface area (Å²) in [6.45, 7) is 4.63. The number of hydrogen-bond acceptors (Lipinski definition) is 4. The fourth-order valence-corrected chi connectivity index (χ4v) is 1.66. The van der Waals surface area contributed by atoms with Gasteiger partial charge in [0.15, 0.2) is 5.78 Å². The predicted molar refractivity (Wildman–Crippen MR) is 71.9 cm³/mol. The zero-order chi connectivity index (χ0) is 15.3. The second-order valence-electron chi connectivity index (χ2n) is 5.17. The Labute approximate surface area is 118 Å². The summed E-state index contributed by atoms with van der Waals surface area (Å²) < 4.78 is 0. The number of amides is 1.